The third kappa shape index (κ3) is 4.35. The number of rotatable bonds is 8. The van der Waals surface area contributed by atoms with Gasteiger partial charge in [0.25, 0.3) is 0 Å². The summed E-state index contributed by atoms with van der Waals surface area (Å²) in [4.78, 5) is 37.9. The van der Waals surface area contributed by atoms with Crippen LogP contribution in [-0.4, -0.2) is 57.1 Å². The Morgan fingerprint density at radius 2 is 1.89 bits per heavy atom. The van der Waals surface area contributed by atoms with Gasteiger partial charge in [0.2, 0.25) is 5.91 Å². The lowest BCUT2D eigenvalue weighted by molar-refractivity contribution is -0.151. The Balaban J connectivity index is 1.65. The molecule has 28 heavy (non-hydrogen) atoms. The molecule has 152 valence electrons. The quantitative estimate of drug-likeness (QED) is 0.628. The summed E-state index contributed by atoms with van der Waals surface area (Å²) in [5.74, 6) is -2.06. The topological polar surface area (TPSA) is 107 Å². The molecule has 1 saturated carbocycles. The molecule has 4 unspecified atom stereocenters. The fraction of sp³-hybridized carbons (Fsp3) is 0.571. The van der Waals surface area contributed by atoms with Crippen LogP contribution in [0.4, 0.5) is 0 Å². The van der Waals surface area contributed by atoms with Crippen molar-refractivity contribution in [3.63, 3.8) is 0 Å². The van der Waals surface area contributed by atoms with E-state index in [1.165, 1.54) is 4.90 Å². The highest BCUT2D eigenvalue weighted by Crippen LogP contribution is 2.41. The zero-order valence-corrected chi connectivity index (χ0v) is 16.1. The average molecular weight is 388 g/mol. The van der Waals surface area contributed by atoms with Gasteiger partial charge in [0.05, 0.1) is 6.04 Å². The largest absolute Gasteiger partial charge is 0.480 e. The summed E-state index contributed by atoms with van der Waals surface area (Å²) in [6, 6.07) is 7.13. The van der Waals surface area contributed by atoms with Crippen molar-refractivity contribution < 1.29 is 24.6 Å². The number of amides is 1. The third-order valence-corrected chi connectivity index (χ3v) is 6.06. The van der Waals surface area contributed by atoms with Crippen LogP contribution in [0.3, 0.4) is 0 Å². The van der Waals surface area contributed by atoms with Gasteiger partial charge < -0.3 is 15.1 Å². The van der Waals surface area contributed by atoms with Gasteiger partial charge in [-0.2, -0.15) is 0 Å². The van der Waals surface area contributed by atoms with E-state index in [4.69, 9.17) is 0 Å². The number of nitrogens with zero attached hydrogens (tertiary/aromatic N) is 1. The van der Waals surface area contributed by atoms with E-state index >= 15 is 0 Å². The van der Waals surface area contributed by atoms with Gasteiger partial charge in [-0.25, -0.2) is 4.79 Å². The summed E-state index contributed by atoms with van der Waals surface area (Å²) in [5.41, 5.74) is 1.04. The number of likely N-dealkylation sites (tertiary alicyclic amines) is 1. The van der Waals surface area contributed by atoms with Gasteiger partial charge in [-0.05, 0) is 50.5 Å². The average Bonchev–Trinajstić information content (AvgIpc) is 3.26. The van der Waals surface area contributed by atoms with Gasteiger partial charge in [-0.1, -0.05) is 36.8 Å². The predicted octanol–water partition coefficient (Wildman–Crippen LogP) is 1.90. The van der Waals surface area contributed by atoms with Crippen LogP contribution in [0, 0.1) is 5.92 Å². The molecule has 0 radical (unpaired) electrons. The number of fused-ring (bicyclic) bond motifs is 1. The Hall–Kier alpha value is -2.41. The predicted molar refractivity (Wildman–Crippen MR) is 103 cm³/mol. The molecule has 0 spiro atoms. The van der Waals surface area contributed by atoms with Crippen LogP contribution in [0.25, 0.3) is 0 Å². The fourth-order valence-corrected chi connectivity index (χ4v) is 4.66. The zero-order valence-electron chi connectivity index (χ0n) is 16.1. The molecule has 2 fully saturated rings. The Morgan fingerprint density at radius 3 is 2.54 bits per heavy atom. The van der Waals surface area contributed by atoms with Crippen molar-refractivity contribution in [2.45, 2.75) is 69.6 Å². The molecule has 7 nitrogen and oxygen atoms in total. The Kier molecular flexibility index (Phi) is 6.34. The number of carboxylic acid groups (broad SMARTS) is 2. The number of benzene rings is 1. The number of aliphatic carboxylic acids is 2. The van der Waals surface area contributed by atoms with Gasteiger partial charge in [0.15, 0.2) is 0 Å². The van der Waals surface area contributed by atoms with Crippen LogP contribution in [0.2, 0.25) is 0 Å². The number of carbonyl (C=O) groups excluding carboxylic acids is 1. The summed E-state index contributed by atoms with van der Waals surface area (Å²) in [6.07, 6.45) is 4.21. The number of carbonyl (C=O) groups is 3. The van der Waals surface area contributed by atoms with Crippen LogP contribution in [-0.2, 0) is 20.8 Å². The van der Waals surface area contributed by atoms with Gasteiger partial charge in [0.1, 0.15) is 12.1 Å². The molecule has 5 atom stereocenters. The second-order valence-corrected chi connectivity index (χ2v) is 7.90. The molecule has 3 N–H and O–H groups in total. The highest BCUT2D eigenvalue weighted by Gasteiger charge is 2.49. The lowest BCUT2D eigenvalue weighted by Gasteiger charge is -2.31. The first-order valence-electron chi connectivity index (χ1n) is 9.96. The Bertz CT molecular complexity index is 723. The highest BCUT2D eigenvalue weighted by atomic mass is 16.4. The van der Waals surface area contributed by atoms with E-state index in [1.807, 2.05) is 30.3 Å². The van der Waals surface area contributed by atoms with Gasteiger partial charge >= 0.3 is 11.9 Å². The molecule has 1 amide bonds. The van der Waals surface area contributed by atoms with Gasteiger partial charge in [-0.3, -0.25) is 14.9 Å². The second kappa shape index (κ2) is 8.73. The molecule has 1 saturated heterocycles. The first kappa shape index (κ1) is 20.3. The molecular formula is C21H28N2O5. The molecule has 1 aliphatic heterocycles. The summed E-state index contributed by atoms with van der Waals surface area (Å²) in [6.45, 7) is 1.63. The number of nitrogens with one attached hydrogen (secondary N) is 1. The van der Waals surface area contributed by atoms with Crippen LogP contribution in [0.5, 0.6) is 0 Å². The lowest BCUT2D eigenvalue weighted by Crippen LogP contribution is -2.55. The van der Waals surface area contributed by atoms with Crippen molar-refractivity contribution >= 4 is 17.8 Å². The number of hydrogen-bond donors (Lipinski definition) is 3. The number of hydrogen-bond acceptors (Lipinski definition) is 4. The molecule has 0 bridgehead atoms. The minimum Gasteiger partial charge on any atom is -0.480 e. The van der Waals surface area contributed by atoms with Crippen molar-refractivity contribution in [2.24, 2.45) is 5.92 Å². The fourth-order valence-electron chi connectivity index (χ4n) is 4.66. The molecule has 0 aromatic heterocycles. The minimum absolute atomic E-state index is 0.0366. The van der Waals surface area contributed by atoms with Gasteiger partial charge in [-0.15, -0.1) is 0 Å². The van der Waals surface area contributed by atoms with E-state index in [9.17, 15) is 24.6 Å². The van der Waals surface area contributed by atoms with E-state index in [1.54, 1.807) is 6.92 Å². The van der Waals surface area contributed by atoms with Crippen LogP contribution >= 0.6 is 0 Å². The van der Waals surface area contributed by atoms with E-state index in [-0.39, 0.29) is 17.9 Å². The maximum atomic E-state index is 13.0. The monoisotopic (exact) mass is 388 g/mol. The van der Waals surface area contributed by atoms with E-state index in [2.05, 4.69) is 5.32 Å². The molecule has 1 heterocycles. The maximum absolute atomic E-state index is 13.0. The smallest absolute Gasteiger partial charge is 0.326 e. The number of aryl methyl sites for hydroxylation is 1. The van der Waals surface area contributed by atoms with E-state index in [0.717, 1.165) is 24.8 Å². The van der Waals surface area contributed by atoms with E-state index in [0.29, 0.717) is 19.3 Å². The molecule has 1 aliphatic carbocycles. The van der Waals surface area contributed by atoms with Crippen LogP contribution in [0.1, 0.15) is 44.6 Å². The van der Waals surface area contributed by atoms with Crippen molar-refractivity contribution in [3.8, 4) is 0 Å². The molecule has 2 aliphatic rings. The standard InChI is InChI=1S/C21H28N2O5/c1-13(22-16(20(25)26)11-10-14-6-3-2-4-7-14)19(24)23-17-9-5-8-15(17)12-18(23)21(27)28/h2-4,6-7,13,15-18,22H,5,8-12H2,1H3,(H,25,26)(H,27,28)/t13-,15?,16?,17?,18?/m0/s1. The SMILES string of the molecule is C[C@H](NC(CCc1ccccc1)C(=O)O)C(=O)N1C(C(=O)O)CC2CCCC21. The first-order valence-corrected chi connectivity index (χ1v) is 9.96. The molecule has 1 aromatic carbocycles. The Morgan fingerprint density at radius 1 is 1.18 bits per heavy atom. The molecule has 7 heteroatoms. The van der Waals surface area contributed by atoms with Crippen LogP contribution in [0.15, 0.2) is 30.3 Å². The van der Waals surface area contributed by atoms with Crippen LogP contribution < -0.4 is 5.32 Å². The Labute approximate surface area is 164 Å². The maximum Gasteiger partial charge on any atom is 0.326 e. The van der Waals surface area contributed by atoms with Crippen molar-refractivity contribution in [1.29, 1.82) is 0 Å². The minimum atomic E-state index is -1.01. The van der Waals surface area contributed by atoms with Crippen molar-refractivity contribution in [3.05, 3.63) is 35.9 Å². The zero-order chi connectivity index (χ0) is 20.3. The summed E-state index contributed by atoms with van der Waals surface area (Å²) in [5, 5.41) is 22.0. The number of carboxylic acids is 2. The normalized spacial score (nSPS) is 25.9. The van der Waals surface area contributed by atoms with E-state index < -0.39 is 30.1 Å². The summed E-state index contributed by atoms with van der Waals surface area (Å²) < 4.78 is 0. The van der Waals surface area contributed by atoms with Crippen molar-refractivity contribution in [1.82, 2.24) is 10.2 Å². The molecule has 1 aromatic rings. The van der Waals surface area contributed by atoms with Crippen molar-refractivity contribution in [2.75, 3.05) is 0 Å². The molecule has 3 rings (SSSR count). The highest BCUT2D eigenvalue weighted by molar-refractivity contribution is 5.88. The molecular weight excluding hydrogens is 360 g/mol. The summed E-state index contributed by atoms with van der Waals surface area (Å²) in [7, 11) is 0. The first-order chi connectivity index (χ1) is 13.4. The second-order valence-electron chi connectivity index (χ2n) is 7.90. The lowest BCUT2D eigenvalue weighted by atomic mass is 10.0. The third-order valence-electron chi connectivity index (χ3n) is 6.06. The van der Waals surface area contributed by atoms with Gasteiger partial charge in [0, 0.05) is 6.04 Å². The summed E-state index contributed by atoms with van der Waals surface area (Å²) >= 11 is 0.